The summed E-state index contributed by atoms with van der Waals surface area (Å²) in [6, 6.07) is -0.917. The summed E-state index contributed by atoms with van der Waals surface area (Å²) < 4.78 is 41.9. The molecule has 13 heavy (non-hydrogen) atoms. The van der Waals surface area contributed by atoms with Gasteiger partial charge in [-0.05, 0) is 25.5 Å². The van der Waals surface area contributed by atoms with Crippen molar-refractivity contribution in [1.29, 1.82) is 0 Å². The molecule has 0 radical (unpaired) electrons. The number of quaternary nitrogens is 1. The molecule has 1 rings (SSSR count). The molecule has 0 amide bonds. The van der Waals surface area contributed by atoms with Gasteiger partial charge in [0.05, 0.1) is 0 Å². The summed E-state index contributed by atoms with van der Waals surface area (Å²) in [6.07, 6.45) is 3.67. The average molecular weight is 208 g/mol. The van der Waals surface area contributed by atoms with E-state index in [1.165, 1.54) is 13.0 Å². The molecule has 0 saturated heterocycles. The quantitative estimate of drug-likeness (QED) is 0.522. The van der Waals surface area contributed by atoms with Crippen molar-refractivity contribution < 1.29 is 21.6 Å². The number of hydrogen-bond acceptors (Lipinski definition) is 2. The van der Waals surface area contributed by atoms with Crippen LogP contribution in [0, 0.1) is 0 Å². The first-order valence-electron chi connectivity index (χ1n) is 3.71. The van der Waals surface area contributed by atoms with E-state index in [0.717, 1.165) is 6.20 Å². The lowest BCUT2D eigenvalue weighted by atomic mass is 10.1. The van der Waals surface area contributed by atoms with Gasteiger partial charge in [0.1, 0.15) is 0 Å². The smallest absolute Gasteiger partial charge is 0.238 e. The maximum Gasteiger partial charge on any atom is 0.475 e. The molecule has 1 aliphatic heterocycles. The van der Waals surface area contributed by atoms with Crippen LogP contribution in [0.4, 0.5) is 4.48 Å². The zero-order chi connectivity index (χ0) is 10.3. The van der Waals surface area contributed by atoms with Crippen molar-refractivity contribution in [1.82, 2.24) is 0 Å². The summed E-state index contributed by atoms with van der Waals surface area (Å²) in [6.45, 7) is 3.00. The minimum absolute atomic E-state index is 0.558. The van der Waals surface area contributed by atoms with Crippen LogP contribution >= 0.6 is 0 Å². The molecular formula is C7H11FNO3S+. The third-order valence-electron chi connectivity index (χ3n) is 2.19. The molecule has 1 heterocycles. The Labute approximate surface area is 76.4 Å². The Balaban J connectivity index is 3.23. The van der Waals surface area contributed by atoms with E-state index >= 15 is 0 Å². The fraction of sp³-hybridized carbons (Fsp3) is 0.429. The van der Waals surface area contributed by atoms with Crippen molar-refractivity contribution in [2.45, 2.75) is 19.9 Å². The molecule has 1 aliphatic rings. The second-order valence-corrected chi connectivity index (χ2v) is 4.46. The summed E-state index contributed by atoms with van der Waals surface area (Å²) in [4.78, 5) is 0. The zero-order valence-corrected chi connectivity index (χ0v) is 8.12. The van der Waals surface area contributed by atoms with Crippen LogP contribution in [0.1, 0.15) is 13.8 Å². The first kappa shape index (κ1) is 10.4. The highest BCUT2D eigenvalue weighted by molar-refractivity contribution is 7.80. The molecule has 0 saturated carbocycles. The Kier molecular flexibility index (Phi) is 2.31. The van der Waals surface area contributed by atoms with Gasteiger partial charge in [0.2, 0.25) is 0 Å². The second-order valence-electron chi connectivity index (χ2n) is 3.00. The second kappa shape index (κ2) is 2.90. The molecule has 0 aromatic rings. The Morgan fingerprint density at radius 3 is 2.54 bits per heavy atom. The third-order valence-corrected chi connectivity index (χ3v) is 3.33. The van der Waals surface area contributed by atoms with E-state index in [4.69, 9.17) is 4.55 Å². The predicted molar refractivity (Wildman–Crippen MR) is 45.3 cm³/mol. The summed E-state index contributed by atoms with van der Waals surface area (Å²) in [5.41, 5.74) is 0.558. The van der Waals surface area contributed by atoms with Gasteiger partial charge in [-0.15, -0.1) is 8.42 Å². The summed E-state index contributed by atoms with van der Waals surface area (Å²) in [7, 11) is -4.76. The van der Waals surface area contributed by atoms with Gasteiger partial charge in [0.15, 0.2) is 12.2 Å². The van der Waals surface area contributed by atoms with E-state index in [1.54, 1.807) is 13.0 Å². The zero-order valence-electron chi connectivity index (χ0n) is 7.31. The molecule has 2 atom stereocenters. The molecule has 0 spiro atoms. The molecule has 0 aromatic heterocycles. The number of halogens is 1. The topological polar surface area (TPSA) is 54.4 Å². The van der Waals surface area contributed by atoms with Crippen molar-refractivity contribution in [2.24, 2.45) is 0 Å². The lowest BCUT2D eigenvalue weighted by Gasteiger charge is -2.26. The van der Waals surface area contributed by atoms with Crippen LogP contribution < -0.4 is 0 Å². The van der Waals surface area contributed by atoms with Crippen LogP contribution in [0.5, 0.6) is 0 Å². The van der Waals surface area contributed by atoms with E-state index in [1.807, 2.05) is 0 Å². The molecule has 1 N–H and O–H groups in total. The third kappa shape index (κ3) is 1.52. The minimum atomic E-state index is -4.76. The number of rotatable bonds is 1. The van der Waals surface area contributed by atoms with E-state index in [-0.39, 0.29) is 0 Å². The van der Waals surface area contributed by atoms with Crippen LogP contribution in [0.15, 0.2) is 23.9 Å². The highest BCUT2D eigenvalue weighted by atomic mass is 32.2. The van der Waals surface area contributed by atoms with E-state index in [9.17, 15) is 12.9 Å². The number of hydrogen-bond donors (Lipinski definition) is 1. The lowest BCUT2D eigenvalue weighted by molar-refractivity contribution is -0.924. The molecule has 0 aromatic carbocycles. The molecule has 0 bridgehead atoms. The highest BCUT2D eigenvalue weighted by Crippen LogP contribution is 2.29. The lowest BCUT2D eigenvalue weighted by Crippen LogP contribution is -2.48. The average Bonchev–Trinajstić information content (AvgIpc) is 1.98. The van der Waals surface area contributed by atoms with Crippen LogP contribution in [-0.4, -0.2) is 23.1 Å². The number of allylic oxidation sites excluding steroid dienone is 2. The fourth-order valence-corrected chi connectivity index (χ4v) is 1.92. The van der Waals surface area contributed by atoms with Gasteiger partial charge < -0.3 is 0 Å². The Morgan fingerprint density at radius 2 is 2.15 bits per heavy atom. The first-order valence-corrected chi connectivity index (χ1v) is 5.10. The van der Waals surface area contributed by atoms with Crippen LogP contribution in [0.3, 0.4) is 0 Å². The van der Waals surface area contributed by atoms with E-state index in [0.29, 0.717) is 5.57 Å². The monoisotopic (exact) mass is 208 g/mol. The molecule has 6 heteroatoms. The Hall–Kier alpha value is -0.720. The van der Waals surface area contributed by atoms with Gasteiger partial charge in [0.25, 0.3) is 0 Å². The van der Waals surface area contributed by atoms with Crippen molar-refractivity contribution in [2.75, 3.05) is 0 Å². The normalized spacial score (nSPS) is 34.5. The predicted octanol–water partition coefficient (Wildman–Crippen LogP) is 1.35. The highest BCUT2D eigenvalue weighted by Gasteiger charge is 2.48. The summed E-state index contributed by atoms with van der Waals surface area (Å²) in [5.74, 6) is 0. The van der Waals surface area contributed by atoms with Crippen LogP contribution in [-0.2, 0) is 10.3 Å². The van der Waals surface area contributed by atoms with Gasteiger partial charge in [-0.1, -0.05) is 6.08 Å². The summed E-state index contributed by atoms with van der Waals surface area (Å²) in [5, 5.41) is 0. The molecular weight excluding hydrogens is 197 g/mol. The van der Waals surface area contributed by atoms with Gasteiger partial charge in [-0.3, -0.25) is 0 Å². The largest absolute Gasteiger partial charge is 0.475 e. The molecule has 74 valence electrons. The SMILES string of the molecule is CC1=CC=C[N+](F)(S(=O)(=O)O)C1C. The van der Waals surface area contributed by atoms with Crippen molar-refractivity contribution in [3.8, 4) is 0 Å². The first-order chi connectivity index (χ1) is 5.79. The van der Waals surface area contributed by atoms with Gasteiger partial charge >= 0.3 is 10.3 Å². The molecule has 0 aliphatic carbocycles. The van der Waals surface area contributed by atoms with Crippen LogP contribution in [0.2, 0.25) is 0 Å². The van der Waals surface area contributed by atoms with Crippen molar-refractivity contribution >= 4 is 10.3 Å². The molecule has 4 nitrogen and oxygen atoms in total. The molecule has 0 fully saturated rings. The van der Waals surface area contributed by atoms with Crippen molar-refractivity contribution in [3.05, 3.63) is 23.9 Å². The number of nitrogens with zero attached hydrogens (tertiary/aromatic N) is 1. The Bertz CT molecular complexity index is 373. The maximum absolute atomic E-state index is 13.7. The standard InChI is InChI=1S/C7H10FNO3S/c1-6-4-3-5-9(8,7(6)2)13(10,11)12/h3-5,7H,1-2H3/p+1. The summed E-state index contributed by atoms with van der Waals surface area (Å²) >= 11 is 0. The fourth-order valence-electron chi connectivity index (χ4n) is 1.13. The van der Waals surface area contributed by atoms with Crippen LogP contribution in [0.25, 0.3) is 0 Å². The van der Waals surface area contributed by atoms with E-state index < -0.39 is 20.5 Å². The Morgan fingerprint density at radius 1 is 1.62 bits per heavy atom. The molecule has 2 unspecified atom stereocenters. The van der Waals surface area contributed by atoms with E-state index in [2.05, 4.69) is 0 Å². The minimum Gasteiger partial charge on any atom is -0.238 e. The van der Waals surface area contributed by atoms with Gasteiger partial charge in [0, 0.05) is 8.59 Å². The van der Waals surface area contributed by atoms with Crippen molar-refractivity contribution in [3.63, 3.8) is 0 Å². The van der Waals surface area contributed by atoms with Gasteiger partial charge in [-0.25, -0.2) is 4.55 Å². The van der Waals surface area contributed by atoms with Gasteiger partial charge in [-0.2, -0.15) is 0 Å². The maximum atomic E-state index is 13.7.